The van der Waals surface area contributed by atoms with Crippen LogP contribution in [0, 0.1) is 13.8 Å². The van der Waals surface area contributed by atoms with Crippen molar-refractivity contribution in [3.63, 3.8) is 0 Å². The maximum atomic E-state index is 13.5. The lowest BCUT2D eigenvalue weighted by Crippen LogP contribution is -2.28. The molecule has 0 spiro atoms. The van der Waals surface area contributed by atoms with Gasteiger partial charge in [-0.05, 0) is 84.8 Å². The summed E-state index contributed by atoms with van der Waals surface area (Å²) in [5.74, 6) is 0.363. The highest BCUT2D eigenvalue weighted by atomic mass is 35.5. The molecular weight excluding hydrogens is 499 g/mol. The lowest BCUT2D eigenvalue weighted by atomic mass is 10.2. The number of hydrogen-bond donors (Lipinski definition) is 0. The first kappa shape index (κ1) is 23.7. The zero-order chi connectivity index (χ0) is 23.7. The van der Waals surface area contributed by atoms with Crippen molar-refractivity contribution in [3.05, 3.63) is 91.3 Å². The Bertz CT molecular complexity index is 1320. The Morgan fingerprint density at radius 3 is 2.24 bits per heavy atom. The van der Waals surface area contributed by atoms with Crippen LogP contribution in [-0.4, -0.2) is 18.2 Å². The minimum Gasteiger partial charge on any atom is -0.495 e. The molecule has 0 aliphatic carbocycles. The fourth-order valence-electron chi connectivity index (χ4n) is 3.18. The number of halogens is 3. The van der Waals surface area contributed by atoms with E-state index in [0.29, 0.717) is 42.3 Å². The Balaban J connectivity index is 1.79. The van der Waals surface area contributed by atoms with Gasteiger partial charge in [0.05, 0.1) is 28.4 Å². The molecule has 0 aromatic heterocycles. The van der Waals surface area contributed by atoms with Crippen LogP contribution in [0.2, 0.25) is 15.1 Å². The van der Waals surface area contributed by atoms with E-state index in [1.807, 2.05) is 44.2 Å². The number of hydrogen-bond acceptors (Lipinski definition) is 4. The molecule has 8 heteroatoms. The van der Waals surface area contributed by atoms with Gasteiger partial charge in [0, 0.05) is 10.0 Å². The number of rotatable bonds is 4. The summed E-state index contributed by atoms with van der Waals surface area (Å²) in [4.78, 5) is 20.3. The molecule has 0 bridgehead atoms. The van der Waals surface area contributed by atoms with Crippen LogP contribution in [-0.2, 0) is 4.79 Å². The molecule has 0 saturated carbocycles. The summed E-state index contributed by atoms with van der Waals surface area (Å²) in [5, 5.41) is 2.15. The number of anilines is 1. The fraction of sp³-hybridized carbons (Fsp3) is 0.120. The molecule has 1 amide bonds. The minimum absolute atomic E-state index is 0.205. The molecule has 1 fully saturated rings. The SMILES string of the molecule is COc1ccc(/C=C2/SC(=Nc3ccc(C)c(Cl)c3)N(c3ccc(C)c(Cl)c3)C2=O)cc1Cl. The van der Waals surface area contributed by atoms with Gasteiger partial charge in [-0.3, -0.25) is 9.69 Å². The highest BCUT2D eigenvalue weighted by molar-refractivity contribution is 8.19. The zero-order valence-corrected chi connectivity index (χ0v) is 21.1. The number of ether oxygens (including phenoxy) is 1. The summed E-state index contributed by atoms with van der Waals surface area (Å²) < 4.78 is 5.21. The summed E-state index contributed by atoms with van der Waals surface area (Å²) in [6.45, 7) is 3.84. The van der Waals surface area contributed by atoms with Crippen molar-refractivity contribution >= 4 is 75.1 Å². The Morgan fingerprint density at radius 1 is 0.909 bits per heavy atom. The Hall–Kier alpha value is -2.44. The predicted molar refractivity (Wildman–Crippen MR) is 141 cm³/mol. The maximum Gasteiger partial charge on any atom is 0.271 e. The van der Waals surface area contributed by atoms with Crippen molar-refractivity contribution in [1.82, 2.24) is 0 Å². The molecule has 1 aliphatic rings. The second-order valence-corrected chi connectivity index (χ2v) is 9.64. The molecule has 1 saturated heterocycles. The number of aryl methyl sites for hydroxylation is 2. The van der Waals surface area contributed by atoms with Crippen LogP contribution in [0.1, 0.15) is 16.7 Å². The number of carbonyl (C=O) groups is 1. The molecule has 0 unspecified atom stereocenters. The Kier molecular flexibility index (Phi) is 7.05. The van der Waals surface area contributed by atoms with Crippen LogP contribution in [0.5, 0.6) is 5.75 Å². The molecule has 168 valence electrons. The Morgan fingerprint density at radius 2 is 1.61 bits per heavy atom. The first-order valence-electron chi connectivity index (χ1n) is 9.95. The number of carbonyl (C=O) groups excluding carboxylic acids is 1. The average Bonchev–Trinajstić information content (AvgIpc) is 3.07. The van der Waals surface area contributed by atoms with Gasteiger partial charge < -0.3 is 4.74 Å². The topological polar surface area (TPSA) is 41.9 Å². The van der Waals surface area contributed by atoms with E-state index in [-0.39, 0.29) is 5.91 Å². The number of thioether (sulfide) groups is 1. The standard InChI is InChI=1S/C25H19Cl3N2O2S/c1-14-4-7-17(12-19(14)26)29-25-30(18-8-5-15(2)20(27)13-18)24(31)23(33-25)11-16-6-9-22(32-3)21(28)10-16/h4-13H,1-3H3/b23-11+,29-25?. The highest BCUT2D eigenvalue weighted by Gasteiger charge is 2.35. The van der Waals surface area contributed by atoms with Crippen LogP contribution in [0.25, 0.3) is 6.08 Å². The summed E-state index contributed by atoms with van der Waals surface area (Å²) >= 11 is 20.2. The number of aliphatic imine (C=N–C) groups is 1. The number of nitrogens with zero attached hydrogens (tertiary/aromatic N) is 2. The van der Waals surface area contributed by atoms with Crippen molar-refractivity contribution in [2.45, 2.75) is 13.8 Å². The Labute approximate surface area is 211 Å². The molecule has 1 aliphatic heterocycles. The van der Waals surface area contributed by atoms with Gasteiger partial charge in [-0.1, -0.05) is 53.0 Å². The second-order valence-electron chi connectivity index (χ2n) is 7.41. The van der Waals surface area contributed by atoms with E-state index in [2.05, 4.69) is 0 Å². The number of amides is 1. The van der Waals surface area contributed by atoms with Crippen LogP contribution >= 0.6 is 46.6 Å². The lowest BCUT2D eigenvalue weighted by Gasteiger charge is -2.16. The number of amidine groups is 1. The first-order chi connectivity index (χ1) is 15.8. The molecular formula is C25H19Cl3N2O2S. The quantitative estimate of drug-likeness (QED) is 0.328. The van der Waals surface area contributed by atoms with E-state index < -0.39 is 0 Å². The minimum atomic E-state index is -0.205. The van der Waals surface area contributed by atoms with Gasteiger partial charge in [0.15, 0.2) is 5.17 Å². The predicted octanol–water partition coefficient (Wildman–Crippen LogP) is 8.08. The van der Waals surface area contributed by atoms with E-state index >= 15 is 0 Å². The summed E-state index contributed by atoms with van der Waals surface area (Å²) in [6.07, 6.45) is 1.78. The molecule has 0 radical (unpaired) electrons. The molecule has 3 aromatic carbocycles. The van der Waals surface area contributed by atoms with E-state index in [0.717, 1.165) is 16.7 Å². The van der Waals surface area contributed by atoms with E-state index in [9.17, 15) is 4.79 Å². The van der Waals surface area contributed by atoms with Crippen LogP contribution in [0.15, 0.2) is 64.5 Å². The number of benzene rings is 3. The van der Waals surface area contributed by atoms with E-state index in [1.54, 1.807) is 42.4 Å². The molecule has 4 rings (SSSR count). The van der Waals surface area contributed by atoms with Gasteiger partial charge in [-0.15, -0.1) is 0 Å². The van der Waals surface area contributed by atoms with Gasteiger partial charge in [0.1, 0.15) is 5.75 Å². The zero-order valence-electron chi connectivity index (χ0n) is 18.0. The molecule has 3 aromatic rings. The second kappa shape index (κ2) is 9.82. The molecule has 33 heavy (non-hydrogen) atoms. The largest absolute Gasteiger partial charge is 0.495 e. The van der Waals surface area contributed by atoms with Gasteiger partial charge >= 0.3 is 0 Å². The van der Waals surface area contributed by atoms with Crippen molar-refractivity contribution in [3.8, 4) is 5.75 Å². The molecule has 0 atom stereocenters. The van der Waals surface area contributed by atoms with Gasteiger partial charge in [0.25, 0.3) is 5.91 Å². The first-order valence-corrected chi connectivity index (χ1v) is 11.9. The van der Waals surface area contributed by atoms with Crippen LogP contribution in [0.4, 0.5) is 11.4 Å². The maximum absolute atomic E-state index is 13.5. The van der Waals surface area contributed by atoms with Crippen LogP contribution in [0.3, 0.4) is 0 Å². The third-order valence-electron chi connectivity index (χ3n) is 5.07. The van der Waals surface area contributed by atoms with Crippen molar-refractivity contribution < 1.29 is 9.53 Å². The monoisotopic (exact) mass is 516 g/mol. The van der Waals surface area contributed by atoms with Crippen LogP contribution < -0.4 is 9.64 Å². The van der Waals surface area contributed by atoms with E-state index in [1.165, 1.54) is 11.8 Å². The number of methoxy groups -OCH3 is 1. The van der Waals surface area contributed by atoms with Gasteiger partial charge in [-0.25, -0.2) is 4.99 Å². The normalized spacial score (nSPS) is 16.2. The lowest BCUT2D eigenvalue weighted by molar-refractivity contribution is -0.113. The van der Waals surface area contributed by atoms with Crippen molar-refractivity contribution in [2.75, 3.05) is 12.0 Å². The summed E-state index contributed by atoms with van der Waals surface area (Å²) in [7, 11) is 1.56. The third-order valence-corrected chi connectivity index (χ3v) is 7.15. The highest BCUT2D eigenvalue weighted by Crippen LogP contribution is 2.39. The van der Waals surface area contributed by atoms with E-state index in [4.69, 9.17) is 44.5 Å². The third kappa shape index (κ3) is 5.07. The molecule has 1 heterocycles. The smallest absolute Gasteiger partial charge is 0.271 e. The fourth-order valence-corrected chi connectivity index (χ4v) is 4.80. The summed E-state index contributed by atoms with van der Waals surface area (Å²) in [5.41, 5.74) is 3.94. The van der Waals surface area contributed by atoms with Gasteiger partial charge in [-0.2, -0.15) is 0 Å². The van der Waals surface area contributed by atoms with Crippen molar-refractivity contribution in [1.29, 1.82) is 0 Å². The summed E-state index contributed by atoms with van der Waals surface area (Å²) in [6, 6.07) is 16.4. The molecule has 0 N–H and O–H groups in total. The molecule has 4 nitrogen and oxygen atoms in total. The average molecular weight is 518 g/mol. The van der Waals surface area contributed by atoms with Gasteiger partial charge in [0.2, 0.25) is 0 Å². The van der Waals surface area contributed by atoms with Crippen molar-refractivity contribution in [2.24, 2.45) is 4.99 Å².